The molecule has 0 spiro atoms. The summed E-state index contributed by atoms with van der Waals surface area (Å²) in [5, 5.41) is 38.9. The van der Waals surface area contributed by atoms with Crippen LogP contribution in [0.3, 0.4) is 0 Å². The minimum absolute atomic E-state index is 0.270. The van der Waals surface area contributed by atoms with Crippen LogP contribution in [-0.2, 0) is 0 Å². The Morgan fingerprint density at radius 2 is 1.86 bits per heavy atom. The molecular weight excluding hydrogens is 287 g/mol. The van der Waals surface area contributed by atoms with Crippen molar-refractivity contribution >= 4 is 11.6 Å². The Morgan fingerprint density at radius 1 is 1.29 bits per heavy atom. The number of non-ortho nitro benzene ring substituents is 1. The third kappa shape index (κ3) is 2.99. The normalized spacial score (nSPS) is 25.7. The first-order valence-corrected chi connectivity index (χ1v) is 6.08. The maximum Gasteiger partial charge on any atom is 0.272 e. The van der Waals surface area contributed by atoms with Crippen LogP contribution >= 0.6 is 0 Å². The molecule has 21 heavy (non-hydrogen) atoms. The first-order valence-electron chi connectivity index (χ1n) is 6.08. The van der Waals surface area contributed by atoms with Gasteiger partial charge in [-0.15, -0.1) is 0 Å². The zero-order valence-electron chi connectivity index (χ0n) is 10.7. The molecule has 9 heteroatoms. The Kier molecular flexibility index (Phi) is 4.16. The monoisotopic (exact) mass is 300 g/mol. The number of nitro benzene ring substituents is 1. The van der Waals surface area contributed by atoms with Gasteiger partial charge in [-0.2, -0.15) is 0 Å². The van der Waals surface area contributed by atoms with Crippen molar-refractivity contribution in [3.8, 4) is 0 Å². The Morgan fingerprint density at radius 3 is 2.33 bits per heavy atom. The van der Waals surface area contributed by atoms with Crippen molar-refractivity contribution in [3.63, 3.8) is 0 Å². The number of hydrogen-bond donors (Lipinski definition) is 3. The minimum Gasteiger partial charge on any atom is -0.388 e. The summed E-state index contributed by atoms with van der Waals surface area (Å²) in [7, 11) is 0. The molecular formula is C12H13FN2O6. The van der Waals surface area contributed by atoms with E-state index in [-0.39, 0.29) is 13.1 Å². The van der Waals surface area contributed by atoms with Crippen molar-refractivity contribution in [1.82, 2.24) is 4.90 Å². The zero-order valence-corrected chi connectivity index (χ0v) is 10.7. The number of carbonyl (C=O) groups excluding carboxylic acids is 1. The molecule has 1 aromatic rings. The van der Waals surface area contributed by atoms with Crippen molar-refractivity contribution in [1.29, 1.82) is 0 Å². The van der Waals surface area contributed by atoms with Crippen LogP contribution in [0, 0.1) is 15.9 Å². The molecule has 1 saturated heterocycles. The van der Waals surface area contributed by atoms with Gasteiger partial charge in [0.15, 0.2) is 0 Å². The molecule has 1 heterocycles. The predicted molar refractivity (Wildman–Crippen MR) is 67.0 cm³/mol. The van der Waals surface area contributed by atoms with Crippen LogP contribution < -0.4 is 0 Å². The second-order valence-corrected chi connectivity index (χ2v) is 4.76. The molecule has 0 bridgehead atoms. The number of aliphatic hydroxyl groups excluding tert-OH is 3. The average Bonchev–Trinajstić information content (AvgIpc) is 2.43. The van der Waals surface area contributed by atoms with E-state index in [1.165, 1.54) is 0 Å². The van der Waals surface area contributed by atoms with Gasteiger partial charge in [-0.05, 0) is 6.07 Å². The second kappa shape index (κ2) is 5.72. The number of hydrogen-bond acceptors (Lipinski definition) is 6. The van der Waals surface area contributed by atoms with Crippen LogP contribution in [0.2, 0.25) is 0 Å². The molecule has 1 aromatic carbocycles. The Bertz CT molecular complexity index is 569. The molecule has 1 unspecified atom stereocenters. The van der Waals surface area contributed by atoms with Gasteiger partial charge in [-0.3, -0.25) is 14.9 Å². The standard InChI is InChI=1S/C12H13FN2O6/c13-8-3-6(15(20)21)1-2-7(8)12(19)14-4-9(16)11(18)10(17)5-14/h1-3,9-11,16-18H,4-5H2/t9-,10+,11?. The minimum atomic E-state index is -1.38. The molecule has 1 aliphatic heterocycles. The molecule has 1 fully saturated rings. The lowest BCUT2D eigenvalue weighted by Gasteiger charge is -2.36. The molecule has 8 nitrogen and oxygen atoms in total. The van der Waals surface area contributed by atoms with Crippen molar-refractivity contribution in [2.24, 2.45) is 0 Å². The summed E-state index contributed by atoms with van der Waals surface area (Å²) in [6, 6.07) is 2.58. The highest BCUT2D eigenvalue weighted by Crippen LogP contribution is 2.20. The van der Waals surface area contributed by atoms with Crippen molar-refractivity contribution in [2.75, 3.05) is 13.1 Å². The fourth-order valence-corrected chi connectivity index (χ4v) is 2.13. The number of likely N-dealkylation sites (tertiary alicyclic amines) is 1. The first-order chi connectivity index (χ1) is 9.81. The Labute approximate surface area is 118 Å². The van der Waals surface area contributed by atoms with Gasteiger partial charge in [0.25, 0.3) is 11.6 Å². The van der Waals surface area contributed by atoms with Gasteiger partial charge >= 0.3 is 0 Å². The zero-order chi connectivity index (χ0) is 15.7. The number of nitro groups is 1. The number of halogens is 1. The molecule has 0 saturated carbocycles. The molecule has 3 N–H and O–H groups in total. The van der Waals surface area contributed by atoms with Crippen LogP contribution in [-0.4, -0.2) is 62.5 Å². The van der Waals surface area contributed by atoms with Crippen LogP contribution in [0.5, 0.6) is 0 Å². The van der Waals surface area contributed by atoms with E-state index in [1.54, 1.807) is 0 Å². The van der Waals surface area contributed by atoms with Crippen molar-refractivity contribution in [3.05, 3.63) is 39.7 Å². The summed E-state index contributed by atoms with van der Waals surface area (Å²) in [5.74, 6) is -1.89. The van der Waals surface area contributed by atoms with Gasteiger partial charge in [0.05, 0.1) is 16.6 Å². The van der Waals surface area contributed by atoms with Gasteiger partial charge in [0.1, 0.15) is 24.1 Å². The lowest BCUT2D eigenvalue weighted by Crippen LogP contribution is -2.56. The molecule has 1 aliphatic rings. The van der Waals surface area contributed by atoms with Crippen LogP contribution in [0.25, 0.3) is 0 Å². The topological polar surface area (TPSA) is 124 Å². The second-order valence-electron chi connectivity index (χ2n) is 4.76. The number of carbonyl (C=O) groups is 1. The quantitative estimate of drug-likeness (QED) is 0.489. The lowest BCUT2D eigenvalue weighted by molar-refractivity contribution is -0.385. The summed E-state index contributed by atoms with van der Waals surface area (Å²) < 4.78 is 13.8. The van der Waals surface area contributed by atoms with Crippen LogP contribution in [0.15, 0.2) is 18.2 Å². The smallest absolute Gasteiger partial charge is 0.272 e. The summed E-state index contributed by atoms with van der Waals surface area (Å²) in [4.78, 5) is 22.8. The van der Waals surface area contributed by atoms with E-state index in [1.807, 2.05) is 0 Å². The predicted octanol–water partition coefficient (Wildman–Crippen LogP) is -0.728. The number of benzene rings is 1. The van der Waals surface area contributed by atoms with Gasteiger partial charge in [-0.25, -0.2) is 4.39 Å². The van der Waals surface area contributed by atoms with Gasteiger partial charge < -0.3 is 20.2 Å². The van der Waals surface area contributed by atoms with E-state index in [0.29, 0.717) is 6.07 Å². The third-order valence-electron chi connectivity index (χ3n) is 3.28. The number of rotatable bonds is 2. The Balaban J connectivity index is 2.22. The largest absolute Gasteiger partial charge is 0.388 e. The number of piperidine rings is 1. The summed E-state index contributed by atoms with van der Waals surface area (Å²) in [6.45, 7) is -0.541. The summed E-state index contributed by atoms with van der Waals surface area (Å²) >= 11 is 0. The maximum absolute atomic E-state index is 13.8. The van der Waals surface area contributed by atoms with E-state index < -0.39 is 46.2 Å². The number of aliphatic hydroxyl groups is 3. The maximum atomic E-state index is 13.8. The molecule has 0 aromatic heterocycles. The van der Waals surface area contributed by atoms with E-state index in [9.17, 15) is 34.6 Å². The highest BCUT2D eigenvalue weighted by atomic mass is 19.1. The fourth-order valence-electron chi connectivity index (χ4n) is 2.13. The van der Waals surface area contributed by atoms with Gasteiger partial charge in [0.2, 0.25) is 0 Å². The van der Waals surface area contributed by atoms with Gasteiger partial charge in [-0.1, -0.05) is 0 Å². The highest BCUT2D eigenvalue weighted by Gasteiger charge is 2.36. The third-order valence-corrected chi connectivity index (χ3v) is 3.28. The van der Waals surface area contributed by atoms with E-state index in [4.69, 9.17) is 0 Å². The molecule has 0 radical (unpaired) electrons. The molecule has 1 amide bonds. The van der Waals surface area contributed by atoms with E-state index >= 15 is 0 Å². The molecule has 2 rings (SSSR count). The number of nitrogens with zero attached hydrogens (tertiary/aromatic N) is 2. The van der Waals surface area contributed by atoms with E-state index in [2.05, 4.69) is 0 Å². The van der Waals surface area contributed by atoms with Crippen molar-refractivity contribution in [2.45, 2.75) is 18.3 Å². The summed E-state index contributed by atoms with van der Waals surface area (Å²) in [6.07, 6.45) is -4.08. The Hall–Kier alpha value is -2.10. The molecule has 0 aliphatic carbocycles. The molecule has 3 atom stereocenters. The first kappa shape index (κ1) is 15.3. The lowest BCUT2D eigenvalue weighted by atomic mass is 10.0. The number of amides is 1. The van der Waals surface area contributed by atoms with Crippen LogP contribution in [0.4, 0.5) is 10.1 Å². The fraction of sp³-hybridized carbons (Fsp3) is 0.417. The molecule has 114 valence electrons. The number of β-amino-alcohol motifs (C(OH)–C–C–N with tert-alkyl or cyclic N) is 2. The van der Waals surface area contributed by atoms with Gasteiger partial charge in [0, 0.05) is 19.2 Å². The summed E-state index contributed by atoms with van der Waals surface area (Å²) in [5.41, 5.74) is -0.894. The average molecular weight is 300 g/mol. The van der Waals surface area contributed by atoms with Crippen molar-refractivity contribution < 1.29 is 29.4 Å². The van der Waals surface area contributed by atoms with Crippen LogP contribution in [0.1, 0.15) is 10.4 Å². The SMILES string of the molecule is O=C(c1ccc([N+](=O)[O-])cc1F)N1C[C@@H](O)C(O)[C@@H](O)C1. The van der Waals surface area contributed by atoms with E-state index in [0.717, 1.165) is 17.0 Å². The highest BCUT2D eigenvalue weighted by molar-refractivity contribution is 5.94.